The van der Waals surface area contributed by atoms with Crippen molar-refractivity contribution in [2.45, 2.75) is 6.42 Å². The van der Waals surface area contributed by atoms with Crippen molar-refractivity contribution in [2.75, 3.05) is 12.5 Å². The number of carboxylic acid groups (broad SMARTS) is 1. The number of aliphatic carboxylic acids is 1. The van der Waals surface area contributed by atoms with Gasteiger partial charge in [0.25, 0.3) is 0 Å². The Morgan fingerprint density at radius 2 is 2.00 bits per heavy atom. The highest BCUT2D eigenvalue weighted by molar-refractivity contribution is 7.92. The third-order valence-corrected chi connectivity index (χ3v) is 2.29. The van der Waals surface area contributed by atoms with Crippen LogP contribution in [0, 0.1) is 0 Å². The van der Waals surface area contributed by atoms with Crippen LogP contribution in [0.3, 0.4) is 0 Å². The smallest absolute Gasteiger partial charge is 0.307 e. The van der Waals surface area contributed by atoms with Gasteiger partial charge < -0.3 is 5.11 Å². The van der Waals surface area contributed by atoms with Crippen LogP contribution >= 0.6 is 0 Å². The highest BCUT2D eigenvalue weighted by Crippen LogP contribution is 2.20. The molecule has 0 saturated carbocycles. The van der Waals surface area contributed by atoms with Crippen molar-refractivity contribution >= 4 is 21.4 Å². The second kappa shape index (κ2) is 4.44. The maximum atomic E-state index is 11.5. The average molecular weight is 227 g/mol. The number of rotatable bonds is 3. The molecular formula is C10H13NO3S. The molecule has 0 aliphatic rings. The van der Waals surface area contributed by atoms with E-state index in [0.29, 0.717) is 11.3 Å². The summed E-state index contributed by atoms with van der Waals surface area (Å²) >= 11 is 0. The minimum absolute atomic E-state index is 0.102. The lowest BCUT2D eigenvalue weighted by molar-refractivity contribution is -0.136. The lowest BCUT2D eigenvalue weighted by atomic mass is 10.1. The molecule has 0 saturated heterocycles. The largest absolute Gasteiger partial charge is 0.481 e. The van der Waals surface area contributed by atoms with Gasteiger partial charge in [-0.25, -0.2) is 4.21 Å². The summed E-state index contributed by atoms with van der Waals surface area (Å²) in [6.45, 7) is 0. The van der Waals surface area contributed by atoms with E-state index >= 15 is 0 Å². The van der Waals surface area contributed by atoms with Crippen LogP contribution in [0.25, 0.3) is 0 Å². The molecule has 0 radical (unpaired) electrons. The second-order valence-electron chi connectivity index (χ2n) is 3.47. The normalized spacial score (nSPS) is 11.1. The Morgan fingerprint density at radius 1 is 1.40 bits per heavy atom. The van der Waals surface area contributed by atoms with Gasteiger partial charge in [-0.05, 0) is 11.6 Å². The lowest BCUT2D eigenvalue weighted by Crippen LogP contribution is -2.00. The molecule has 5 heteroatoms. The van der Waals surface area contributed by atoms with Crippen molar-refractivity contribution in [3.63, 3.8) is 0 Å². The van der Waals surface area contributed by atoms with Crippen LogP contribution < -0.4 is 0 Å². The lowest BCUT2D eigenvalue weighted by Gasteiger charge is -2.03. The number of carboxylic acids is 1. The Balaban J connectivity index is 3.19. The molecule has 82 valence electrons. The first-order valence-electron chi connectivity index (χ1n) is 4.35. The van der Waals surface area contributed by atoms with E-state index in [4.69, 9.17) is 5.11 Å². The number of benzene rings is 1. The maximum absolute atomic E-state index is 11.5. The summed E-state index contributed by atoms with van der Waals surface area (Å²) < 4.78 is 15.5. The van der Waals surface area contributed by atoms with Crippen LogP contribution in [0.15, 0.2) is 28.6 Å². The van der Waals surface area contributed by atoms with Gasteiger partial charge in [0.05, 0.1) is 12.1 Å². The van der Waals surface area contributed by atoms with Crippen molar-refractivity contribution in [3.05, 3.63) is 29.8 Å². The summed E-state index contributed by atoms with van der Waals surface area (Å²) in [5, 5.41) is 8.68. The van der Waals surface area contributed by atoms with Gasteiger partial charge in [0.2, 0.25) is 0 Å². The van der Waals surface area contributed by atoms with Gasteiger partial charge in [-0.15, -0.1) is 0 Å². The molecule has 1 aromatic carbocycles. The minimum atomic E-state index is -2.25. The molecule has 1 aromatic rings. The molecule has 0 unspecified atom stereocenters. The molecular weight excluding hydrogens is 214 g/mol. The molecule has 0 fully saturated rings. The molecule has 0 atom stereocenters. The first kappa shape index (κ1) is 11.7. The monoisotopic (exact) mass is 227 g/mol. The van der Waals surface area contributed by atoms with Crippen molar-refractivity contribution in [1.29, 1.82) is 0 Å². The standard InChI is InChI=1S/C10H13NO3S/c1-15(2,14)11-9-6-4-3-5-8(9)7-10(12)13/h3-6H,7H2,1-2H3,(H,12,13). The van der Waals surface area contributed by atoms with Crippen molar-refractivity contribution in [3.8, 4) is 0 Å². The molecule has 15 heavy (non-hydrogen) atoms. The van der Waals surface area contributed by atoms with Crippen LogP contribution in [-0.4, -0.2) is 27.8 Å². The van der Waals surface area contributed by atoms with Gasteiger partial charge in [0.15, 0.2) is 0 Å². The first-order valence-corrected chi connectivity index (χ1v) is 6.68. The summed E-state index contributed by atoms with van der Waals surface area (Å²) in [5.74, 6) is -0.920. The van der Waals surface area contributed by atoms with Gasteiger partial charge in [-0.1, -0.05) is 18.2 Å². The molecule has 0 amide bonds. The zero-order valence-corrected chi connectivity index (χ0v) is 9.45. The van der Waals surface area contributed by atoms with Gasteiger partial charge in [-0.3, -0.25) is 4.79 Å². The molecule has 0 aliphatic carbocycles. The highest BCUT2D eigenvalue weighted by Gasteiger charge is 2.06. The fourth-order valence-corrected chi connectivity index (χ4v) is 1.80. The van der Waals surface area contributed by atoms with Crippen molar-refractivity contribution in [1.82, 2.24) is 0 Å². The fourth-order valence-electron chi connectivity index (χ4n) is 1.15. The number of nitrogens with zero attached hydrogens (tertiary/aromatic N) is 1. The van der Waals surface area contributed by atoms with Crippen LogP contribution in [0.2, 0.25) is 0 Å². The van der Waals surface area contributed by atoms with E-state index in [0.717, 1.165) is 0 Å². The summed E-state index contributed by atoms with van der Waals surface area (Å²) in [6.07, 6.45) is 2.93. The van der Waals surface area contributed by atoms with E-state index in [2.05, 4.69) is 4.36 Å². The highest BCUT2D eigenvalue weighted by atomic mass is 32.2. The van der Waals surface area contributed by atoms with Gasteiger partial charge in [0.1, 0.15) is 0 Å². The Hall–Kier alpha value is -1.36. The number of hydrogen-bond donors (Lipinski definition) is 1. The minimum Gasteiger partial charge on any atom is -0.481 e. The number of carbonyl (C=O) groups is 1. The molecule has 4 nitrogen and oxygen atoms in total. The van der Waals surface area contributed by atoms with Gasteiger partial charge in [-0.2, -0.15) is 4.36 Å². The average Bonchev–Trinajstić information content (AvgIpc) is 2.05. The third kappa shape index (κ3) is 4.12. The Labute approximate surface area is 89.1 Å². The van der Waals surface area contributed by atoms with Crippen molar-refractivity contribution < 1.29 is 14.1 Å². The predicted octanol–water partition coefficient (Wildman–Crippen LogP) is 1.67. The first-order chi connectivity index (χ1) is 6.88. The van der Waals surface area contributed by atoms with Crippen molar-refractivity contribution in [2.24, 2.45) is 4.36 Å². The third-order valence-electron chi connectivity index (χ3n) is 1.65. The summed E-state index contributed by atoms with van der Waals surface area (Å²) in [7, 11) is -2.25. The molecule has 0 aliphatic heterocycles. The van der Waals surface area contributed by atoms with Gasteiger partial charge in [0, 0.05) is 22.2 Å². The summed E-state index contributed by atoms with van der Waals surface area (Å²) in [6, 6.07) is 6.84. The number of hydrogen-bond acceptors (Lipinski definition) is 3. The molecule has 0 bridgehead atoms. The Bertz CT molecular complexity index is 479. The molecule has 0 heterocycles. The summed E-state index contributed by atoms with van der Waals surface area (Å²) in [4.78, 5) is 10.6. The van der Waals surface area contributed by atoms with Crippen LogP contribution in [0.5, 0.6) is 0 Å². The Morgan fingerprint density at radius 3 is 2.53 bits per heavy atom. The van der Waals surface area contributed by atoms with E-state index in [9.17, 15) is 9.00 Å². The van der Waals surface area contributed by atoms with Crippen LogP contribution in [-0.2, 0) is 20.9 Å². The zero-order chi connectivity index (χ0) is 11.5. The van der Waals surface area contributed by atoms with E-state index in [1.807, 2.05) is 0 Å². The Kier molecular flexibility index (Phi) is 3.47. The second-order valence-corrected chi connectivity index (χ2v) is 6.02. The molecule has 0 spiro atoms. The van der Waals surface area contributed by atoms with Gasteiger partial charge >= 0.3 is 5.97 Å². The summed E-state index contributed by atoms with van der Waals surface area (Å²) in [5.41, 5.74) is 1.08. The van der Waals surface area contributed by atoms with Crippen LogP contribution in [0.4, 0.5) is 5.69 Å². The van der Waals surface area contributed by atoms with E-state index in [1.54, 1.807) is 24.3 Å². The molecule has 1 rings (SSSR count). The van der Waals surface area contributed by atoms with Crippen LogP contribution in [0.1, 0.15) is 5.56 Å². The maximum Gasteiger partial charge on any atom is 0.307 e. The molecule has 0 aromatic heterocycles. The topological polar surface area (TPSA) is 66.7 Å². The fraction of sp³-hybridized carbons (Fsp3) is 0.300. The van der Waals surface area contributed by atoms with E-state index in [1.165, 1.54) is 12.5 Å². The van der Waals surface area contributed by atoms with E-state index in [-0.39, 0.29) is 6.42 Å². The quantitative estimate of drug-likeness (QED) is 0.854. The predicted molar refractivity (Wildman–Crippen MR) is 59.9 cm³/mol. The zero-order valence-electron chi connectivity index (χ0n) is 8.64. The SMILES string of the molecule is CS(C)(=O)=Nc1ccccc1CC(=O)O. The molecule has 1 N–H and O–H groups in total. The van der Waals surface area contributed by atoms with E-state index < -0.39 is 15.7 Å².